The van der Waals surface area contributed by atoms with E-state index < -0.39 is 0 Å². The van der Waals surface area contributed by atoms with Gasteiger partial charge in [-0.05, 0) is 27.7 Å². The molecule has 1 aromatic rings. The molecule has 0 aromatic carbocycles. The number of rotatable bonds is 2. The van der Waals surface area contributed by atoms with Gasteiger partial charge >= 0.3 is 74.5 Å². The molecule has 0 saturated heterocycles. The van der Waals surface area contributed by atoms with E-state index in [2.05, 4.69) is 5.96 Å². The number of hydrogen-bond acceptors (Lipinski definition) is 3. The summed E-state index contributed by atoms with van der Waals surface area (Å²) in [7, 11) is 4.01. The van der Waals surface area contributed by atoms with Gasteiger partial charge in [-0.2, -0.15) is 0 Å². The fourth-order valence-corrected chi connectivity index (χ4v) is 0.662. The molecule has 0 unspecified atom stereocenters. The minimum Gasteiger partial charge on any atom is 1.00 e. The van der Waals surface area contributed by atoms with Crippen LogP contribution in [0.25, 0.3) is 0 Å². The monoisotopic (exact) mass is 241 g/mol. The third kappa shape index (κ3) is 7.94. The summed E-state index contributed by atoms with van der Waals surface area (Å²) < 4.78 is 0. The second-order valence-electron chi connectivity index (χ2n) is 5.59. The van der Waals surface area contributed by atoms with Gasteiger partial charge in [-0.3, -0.25) is 0 Å². The van der Waals surface area contributed by atoms with Crippen LogP contribution in [0.2, 0.25) is 0 Å². The molecule has 0 bridgehead atoms. The summed E-state index contributed by atoms with van der Waals surface area (Å²) in [6, 6.07) is 4.03. The van der Waals surface area contributed by atoms with Crippen molar-refractivity contribution in [2.45, 2.75) is 38.8 Å². The van der Waals surface area contributed by atoms with Crippen molar-refractivity contribution >= 4 is 12.6 Å². The molecule has 96 valence electrons. The smallest absolute Gasteiger partial charge is 1.00 e. The molecule has 5 heteroatoms. The molecule has 0 aliphatic heterocycles. The van der Waals surface area contributed by atoms with E-state index in [1.807, 2.05) is 71.7 Å². The van der Waals surface area contributed by atoms with Crippen molar-refractivity contribution in [3.8, 4) is 0 Å². The van der Waals surface area contributed by atoms with E-state index in [1.54, 1.807) is 0 Å². The standard InChI is InChI=1S/C7H9BN.C6H16N2.Li/c1-9(2)7-4-3-5-8-6-7;1-5(2,7)6(3,4)8;/h3-5H,1-2H3;7-8H2,1-4H3;/q-1;;+1. The van der Waals surface area contributed by atoms with Crippen LogP contribution in [-0.2, 0) is 0 Å². The largest absolute Gasteiger partial charge is 1.00 e. The number of nitrogens with zero attached hydrogens (tertiary/aromatic N) is 1. The number of hydrogen-bond donors (Lipinski definition) is 2. The molecular weight excluding hydrogens is 216 g/mol. The van der Waals surface area contributed by atoms with Crippen molar-refractivity contribution in [3.05, 3.63) is 24.1 Å². The van der Waals surface area contributed by atoms with Gasteiger partial charge in [0.25, 0.3) is 0 Å². The van der Waals surface area contributed by atoms with Crippen LogP contribution in [0.5, 0.6) is 0 Å². The zero-order chi connectivity index (χ0) is 13.7. The molecule has 4 N–H and O–H groups in total. The van der Waals surface area contributed by atoms with Gasteiger partial charge < -0.3 is 11.5 Å². The predicted octanol–water partition coefficient (Wildman–Crippen LogP) is -1.64. The average molecular weight is 241 g/mol. The van der Waals surface area contributed by atoms with Crippen LogP contribution in [0.15, 0.2) is 18.1 Å². The van der Waals surface area contributed by atoms with Gasteiger partial charge in [-0.15, -0.1) is 0 Å². The Hall–Kier alpha value is -0.268. The molecule has 0 saturated carbocycles. The molecule has 0 radical (unpaired) electrons. The van der Waals surface area contributed by atoms with Gasteiger partial charge in [-0.1, -0.05) is 0 Å². The second-order valence-corrected chi connectivity index (χ2v) is 5.59. The van der Waals surface area contributed by atoms with Gasteiger partial charge in [0.15, 0.2) is 0 Å². The Balaban J connectivity index is 0. The first-order valence-electron chi connectivity index (χ1n) is 5.77. The van der Waals surface area contributed by atoms with Crippen LogP contribution in [0, 0.1) is 5.96 Å². The Morgan fingerprint density at radius 3 is 1.72 bits per heavy atom. The van der Waals surface area contributed by atoms with Crippen LogP contribution in [0.3, 0.4) is 0 Å². The summed E-state index contributed by atoms with van der Waals surface area (Å²) in [5.74, 6) is 5.06. The van der Waals surface area contributed by atoms with Crippen LogP contribution in [0.4, 0.5) is 5.69 Å². The molecular formula is C13H25BLiN3. The van der Waals surface area contributed by atoms with Gasteiger partial charge in [0, 0.05) is 11.1 Å². The van der Waals surface area contributed by atoms with Gasteiger partial charge in [0.05, 0.1) is 0 Å². The Morgan fingerprint density at radius 2 is 1.56 bits per heavy atom. The molecule has 1 rings (SSSR count). The van der Waals surface area contributed by atoms with E-state index >= 15 is 0 Å². The maximum atomic E-state index is 5.69. The van der Waals surface area contributed by atoms with E-state index in [0.29, 0.717) is 0 Å². The molecule has 3 nitrogen and oxygen atoms in total. The van der Waals surface area contributed by atoms with E-state index in [0.717, 1.165) is 5.69 Å². The minimum absolute atomic E-state index is 0. The van der Waals surface area contributed by atoms with Crippen molar-refractivity contribution < 1.29 is 18.9 Å². The summed E-state index contributed by atoms with van der Waals surface area (Å²) in [6.07, 6.45) is 0. The third-order valence-electron chi connectivity index (χ3n) is 2.84. The normalized spacial score (nSPS) is 10.7. The maximum Gasteiger partial charge on any atom is 1.00 e. The second kappa shape index (κ2) is 8.01. The van der Waals surface area contributed by atoms with Crippen molar-refractivity contribution in [3.63, 3.8) is 0 Å². The molecule has 1 aromatic heterocycles. The first kappa shape index (κ1) is 20.1. The molecule has 0 spiro atoms. The Labute approximate surface area is 125 Å². The Kier molecular flexibility index (Phi) is 8.93. The van der Waals surface area contributed by atoms with Crippen LogP contribution in [0.1, 0.15) is 27.7 Å². The molecule has 0 amide bonds. The Morgan fingerprint density at radius 1 is 1.11 bits per heavy atom. The van der Waals surface area contributed by atoms with Gasteiger partial charge in [0.1, 0.15) is 0 Å². The van der Waals surface area contributed by atoms with E-state index in [1.165, 1.54) is 0 Å². The van der Waals surface area contributed by atoms with E-state index in [9.17, 15) is 0 Å². The predicted molar refractivity (Wildman–Crippen MR) is 77.5 cm³/mol. The maximum absolute atomic E-state index is 5.69. The van der Waals surface area contributed by atoms with Crippen LogP contribution >= 0.6 is 0 Å². The molecule has 0 aliphatic carbocycles. The number of anilines is 1. The summed E-state index contributed by atoms with van der Waals surface area (Å²) >= 11 is 0. The van der Waals surface area contributed by atoms with Crippen molar-refractivity contribution in [1.29, 1.82) is 0 Å². The average Bonchev–Trinajstić information content (AvgIpc) is 2.17. The molecule has 0 aliphatic rings. The third-order valence-corrected chi connectivity index (χ3v) is 2.84. The van der Waals surface area contributed by atoms with Crippen LogP contribution < -0.4 is 35.2 Å². The summed E-state index contributed by atoms with van der Waals surface area (Å²) in [5, 5.41) is 0. The molecule has 18 heavy (non-hydrogen) atoms. The first-order valence-corrected chi connectivity index (χ1v) is 5.77. The zero-order valence-corrected chi connectivity index (χ0v) is 12.9. The van der Waals surface area contributed by atoms with Gasteiger partial charge in [-0.25, -0.2) is 0 Å². The Bertz CT molecular complexity index is 303. The zero-order valence-electron chi connectivity index (χ0n) is 12.9. The fraction of sp³-hybridized carbons (Fsp3) is 0.615. The van der Waals surface area contributed by atoms with Gasteiger partial charge in [0.2, 0.25) is 0 Å². The first-order chi connectivity index (χ1) is 7.55. The van der Waals surface area contributed by atoms with E-state index in [4.69, 9.17) is 11.5 Å². The quantitative estimate of drug-likeness (QED) is 0.482. The molecule has 0 atom stereocenters. The minimum atomic E-state index is -0.285. The summed E-state index contributed by atoms with van der Waals surface area (Å²) in [5.41, 5.74) is 11.9. The topological polar surface area (TPSA) is 55.3 Å². The number of nitrogens with two attached hydrogens (primary N) is 2. The van der Waals surface area contributed by atoms with Crippen LogP contribution in [-0.4, -0.2) is 32.1 Å². The fourth-order valence-electron chi connectivity index (χ4n) is 0.662. The summed E-state index contributed by atoms with van der Waals surface area (Å²) in [6.45, 7) is 9.61. The van der Waals surface area contributed by atoms with Crippen molar-refractivity contribution in [2.24, 2.45) is 11.5 Å². The molecule has 1 heterocycles. The van der Waals surface area contributed by atoms with Crippen molar-refractivity contribution in [1.82, 2.24) is 0 Å². The molecule has 0 fully saturated rings. The summed E-state index contributed by atoms with van der Waals surface area (Å²) in [4.78, 5) is 2.03. The van der Waals surface area contributed by atoms with E-state index in [-0.39, 0.29) is 29.9 Å². The van der Waals surface area contributed by atoms with Crippen molar-refractivity contribution in [2.75, 3.05) is 19.0 Å². The SMILES string of the molecule is CC(C)(N)C(C)(C)N.CN(C)c1[c-]bccc1.[Li+].